The Kier molecular flexibility index (Phi) is 4.06. The largest absolute Gasteiger partial charge is 0.308 e. The molecule has 1 aromatic carbocycles. The van der Waals surface area contributed by atoms with E-state index in [9.17, 15) is 0 Å². The van der Waals surface area contributed by atoms with E-state index in [0.29, 0.717) is 11.5 Å². The Morgan fingerprint density at radius 1 is 1.24 bits per heavy atom. The van der Waals surface area contributed by atoms with Gasteiger partial charge in [0.15, 0.2) is 0 Å². The highest BCUT2D eigenvalue weighted by Crippen LogP contribution is 2.35. The van der Waals surface area contributed by atoms with E-state index in [2.05, 4.69) is 46.7 Å². The minimum atomic E-state index is 0.460. The average Bonchev–Trinajstić information content (AvgIpc) is 2.93. The van der Waals surface area contributed by atoms with Crippen LogP contribution in [0.5, 0.6) is 0 Å². The molecule has 4 heteroatoms. The van der Waals surface area contributed by atoms with Crippen molar-refractivity contribution in [2.45, 2.75) is 52.1 Å². The molecule has 0 spiro atoms. The summed E-state index contributed by atoms with van der Waals surface area (Å²) in [5.41, 5.74) is 3.54. The summed E-state index contributed by atoms with van der Waals surface area (Å²) in [6.45, 7) is 5.51. The second-order valence-corrected chi connectivity index (χ2v) is 6.82. The standard InChI is InChI=1S/C17H24N4/c1-17(2)10-6-9-14(11-17)18-12-15-16(20-21-19-15)13-7-4-3-5-8-13/h3-5,7-8,14,18H,6,9-12H2,1-2H3,(H,19,20,21). The normalized spacial score (nSPS) is 21.3. The molecule has 1 unspecified atom stereocenters. The summed E-state index contributed by atoms with van der Waals surface area (Å²) in [5.74, 6) is 0. The quantitative estimate of drug-likeness (QED) is 0.903. The summed E-state index contributed by atoms with van der Waals surface area (Å²) in [4.78, 5) is 0. The molecule has 1 aliphatic rings. The minimum Gasteiger partial charge on any atom is -0.308 e. The van der Waals surface area contributed by atoms with Gasteiger partial charge in [-0.1, -0.05) is 50.6 Å². The molecular formula is C17H24N4. The molecule has 21 heavy (non-hydrogen) atoms. The lowest BCUT2D eigenvalue weighted by Crippen LogP contribution is -2.37. The third kappa shape index (κ3) is 3.50. The van der Waals surface area contributed by atoms with E-state index in [1.165, 1.54) is 25.7 Å². The molecule has 3 rings (SSSR count). The van der Waals surface area contributed by atoms with Crippen molar-refractivity contribution in [3.05, 3.63) is 36.0 Å². The lowest BCUT2D eigenvalue weighted by molar-refractivity contribution is 0.197. The number of benzene rings is 1. The summed E-state index contributed by atoms with van der Waals surface area (Å²) in [6, 6.07) is 10.8. The smallest absolute Gasteiger partial charge is 0.117 e. The van der Waals surface area contributed by atoms with Crippen LogP contribution in [0, 0.1) is 5.41 Å². The average molecular weight is 284 g/mol. The second kappa shape index (κ2) is 5.98. The van der Waals surface area contributed by atoms with Gasteiger partial charge in [-0.05, 0) is 24.7 Å². The van der Waals surface area contributed by atoms with E-state index in [-0.39, 0.29) is 0 Å². The summed E-state index contributed by atoms with van der Waals surface area (Å²) in [5, 5.41) is 15.0. The van der Waals surface area contributed by atoms with Crippen LogP contribution in [0.3, 0.4) is 0 Å². The highest BCUT2D eigenvalue weighted by Gasteiger charge is 2.27. The predicted molar refractivity (Wildman–Crippen MR) is 84.7 cm³/mol. The van der Waals surface area contributed by atoms with E-state index in [1.807, 2.05) is 18.2 Å². The molecule has 112 valence electrons. The van der Waals surface area contributed by atoms with E-state index < -0.39 is 0 Å². The predicted octanol–water partition coefficient (Wildman–Crippen LogP) is 3.53. The molecule has 0 aliphatic heterocycles. The zero-order valence-corrected chi connectivity index (χ0v) is 12.9. The topological polar surface area (TPSA) is 53.6 Å². The van der Waals surface area contributed by atoms with Gasteiger partial charge in [-0.15, -0.1) is 0 Å². The molecule has 0 saturated heterocycles. The molecule has 0 amide bonds. The van der Waals surface area contributed by atoms with Crippen molar-refractivity contribution in [2.24, 2.45) is 5.41 Å². The highest BCUT2D eigenvalue weighted by molar-refractivity contribution is 5.60. The number of nitrogens with one attached hydrogen (secondary N) is 2. The van der Waals surface area contributed by atoms with Crippen molar-refractivity contribution < 1.29 is 0 Å². The van der Waals surface area contributed by atoms with E-state index in [0.717, 1.165) is 23.5 Å². The first-order chi connectivity index (χ1) is 10.1. The molecular weight excluding hydrogens is 260 g/mol. The van der Waals surface area contributed by atoms with Crippen molar-refractivity contribution in [2.75, 3.05) is 0 Å². The number of aromatic nitrogens is 3. The maximum Gasteiger partial charge on any atom is 0.117 e. The van der Waals surface area contributed by atoms with Crippen molar-refractivity contribution in [1.82, 2.24) is 20.7 Å². The third-order valence-corrected chi connectivity index (χ3v) is 4.43. The van der Waals surface area contributed by atoms with Gasteiger partial charge in [0.1, 0.15) is 11.4 Å². The number of rotatable bonds is 4. The fourth-order valence-electron chi connectivity index (χ4n) is 3.32. The van der Waals surface area contributed by atoms with Crippen LogP contribution in [0.25, 0.3) is 11.3 Å². The van der Waals surface area contributed by atoms with Gasteiger partial charge in [0.2, 0.25) is 0 Å². The van der Waals surface area contributed by atoms with Gasteiger partial charge in [0.05, 0.1) is 0 Å². The molecule has 1 saturated carbocycles. The van der Waals surface area contributed by atoms with Crippen LogP contribution >= 0.6 is 0 Å². The first-order valence-electron chi connectivity index (χ1n) is 7.82. The lowest BCUT2D eigenvalue weighted by atomic mass is 9.75. The number of hydrogen-bond donors (Lipinski definition) is 2. The van der Waals surface area contributed by atoms with Crippen LogP contribution in [-0.4, -0.2) is 21.5 Å². The molecule has 1 fully saturated rings. The molecule has 4 nitrogen and oxygen atoms in total. The van der Waals surface area contributed by atoms with Gasteiger partial charge in [0, 0.05) is 18.2 Å². The molecule has 2 N–H and O–H groups in total. The summed E-state index contributed by atoms with van der Waals surface area (Å²) < 4.78 is 0. The maximum absolute atomic E-state index is 4.31. The van der Waals surface area contributed by atoms with Crippen molar-refractivity contribution >= 4 is 0 Å². The fourth-order valence-corrected chi connectivity index (χ4v) is 3.32. The molecule has 1 aliphatic carbocycles. The van der Waals surface area contributed by atoms with Crippen LogP contribution in [0.1, 0.15) is 45.2 Å². The van der Waals surface area contributed by atoms with Crippen LogP contribution in [-0.2, 0) is 6.54 Å². The molecule has 0 radical (unpaired) electrons. The Bertz CT molecular complexity index is 573. The van der Waals surface area contributed by atoms with E-state index in [4.69, 9.17) is 0 Å². The Morgan fingerprint density at radius 2 is 2.05 bits per heavy atom. The monoisotopic (exact) mass is 284 g/mol. The van der Waals surface area contributed by atoms with Gasteiger partial charge in [-0.3, -0.25) is 0 Å². The van der Waals surface area contributed by atoms with Gasteiger partial charge < -0.3 is 5.32 Å². The highest BCUT2D eigenvalue weighted by atomic mass is 15.3. The second-order valence-electron chi connectivity index (χ2n) is 6.82. The Balaban J connectivity index is 1.65. The Morgan fingerprint density at radius 3 is 2.81 bits per heavy atom. The number of aromatic amines is 1. The minimum absolute atomic E-state index is 0.460. The van der Waals surface area contributed by atoms with Gasteiger partial charge >= 0.3 is 0 Å². The van der Waals surface area contributed by atoms with Crippen molar-refractivity contribution in [3.8, 4) is 11.3 Å². The van der Waals surface area contributed by atoms with E-state index >= 15 is 0 Å². The Hall–Kier alpha value is -1.68. The SMILES string of the molecule is CC1(C)CCCC(NCc2n[nH]nc2-c2ccccc2)C1. The molecule has 1 atom stereocenters. The van der Waals surface area contributed by atoms with Crippen LogP contribution in [0.15, 0.2) is 30.3 Å². The molecule has 1 heterocycles. The van der Waals surface area contributed by atoms with Crippen LogP contribution in [0.2, 0.25) is 0 Å². The lowest BCUT2D eigenvalue weighted by Gasteiger charge is -2.35. The fraction of sp³-hybridized carbons (Fsp3) is 0.529. The van der Waals surface area contributed by atoms with Gasteiger partial charge in [0.25, 0.3) is 0 Å². The Labute approximate surface area is 126 Å². The van der Waals surface area contributed by atoms with Crippen molar-refractivity contribution in [1.29, 1.82) is 0 Å². The van der Waals surface area contributed by atoms with Crippen molar-refractivity contribution in [3.63, 3.8) is 0 Å². The number of nitrogens with zero attached hydrogens (tertiary/aromatic N) is 2. The molecule has 1 aromatic heterocycles. The summed E-state index contributed by atoms with van der Waals surface area (Å²) in [6.07, 6.45) is 5.16. The van der Waals surface area contributed by atoms with E-state index in [1.54, 1.807) is 0 Å². The summed E-state index contributed by atoms with van der Waals surface area (Å²) in [7, 11) is 0. The zero-order chi connectivity index (χ0) is 14.7. The molecule has 0 bridgehead atoms. The van der Waals surface area contributed by atoms with Crippen LogP contribution < -0.4 is 5.32 Å². The first kappa shape index (κ1) is 14.3. The number of H-pyrrole nitrogens is 1. The third-order valence-electron chi connectivity index (χ3n) is 4.43. The van der Waals surface area contributed by atoms with Gasteiger partial charge in [-0.2, -0.15) is 15.4 Å². The zero-order valence-electron chi connectivity index (χ0n) is 12.9. The maximum atomic E-state index is 4.31. The van der Waals surface area contributed by atoms with Gasteiger partial charge in [-0.25, -0.2) is 0 Å². The first-order valence-corrected chi connectivity index (χ1v) is 7.82. The van der Waals surface area contributed by atoms with Crippen LogP contribution in [0.4, 0.5) is 0 Å². The molecule has 2 aromatic rings. The number of hydrogen-bond acceptors (Lipinski definition) is 3. The summed E-state index contributed by atoms with van der Waals surface area (Å²) >= 11 is 0.